The van der Waals surface area contributed by atoms with E-state index in [2.05, 4.69) is 17.9 Å². The quantitative estimate of drug-likeness (QED) is 0.697. The van der Waals surface area contributed by atoms with Gasteiger partial charge in [0.25, 0.3) is 0 Å². The van der Waals surface area contributed by atoms with E-state index in [1.54, 1.807) is 0 Å². The van der Waals surface area contributed by atoms with Crippen LogP contribution in [0, 0.1) is 0 Å². The van der Waals surface area contributed by atoms with Gasteiger partial charge in [-0.1, -0.05) is 25.1 Å². The van der Waals surface area contributed by atoms with Crippen molar-refractivity contribution < 1.29 is 4.39 Å². The summed E-state index contributed by atoms with van der Waals surface area (Å²) in [4.78, 5) is 2.39. The van der Waals surface area contributed by atoms with Crippen LogP contribution in [0.2, 0.25) is 0 Å². The van der Waals surface area contributed by atoms with Crippen LogP contribution in [-0.4, -0.2) is 18.0 Å². The Morgan fingerprint density at radius 2 is 2.21 bits per heavy atom. The molecule has 2 rings (SSSR count). The second-order valence-corrected chi connectivity index (χ2v) is 3.86. The summed E-state index contributed by atoms with van der Waals surface area (Å²) in [7, 11) is 0. The first-order valence-corrected chi connectivity index (χ1v) is 5.22. The second-order valence-electron chi connectivity index (χ2n) is 3.86. The number of fused-ring (bicyclic) bond motifs is 1. The minimum Gasteiger partial charge on any atom is -0.299 e. The number of nitrogens with zero attached hydrogens (tertiary/aromatic N) is 1. The van der Waals surface area contributed by atoms with Crippen molar-refractivity contribution in [3.63, 3.8) is 0 Å². The van der Waals surface area contributed by atoms with E-state index in [0.29, 0.717) is 0 Å². The van der Waals surface area contributed by atoms with Gasteiger partial charge >= 0.3 is 0 Å². The van der Waals surface area contributed by atoms with Crippen molar-refractivity contribution in [2.75, 3.05) is 13.1 Å². The Morgan fingerprint density at radius 3 is 2.93 bits per heavy atom. The van der Waals surface area contributed by atoms with Crippen molar-refractivity contribution in [2.45, 2.75) is 26.6 Å². The third-order valence-electron chi connectivity index (χ3n) is 2.96. The molecule has 0 radical (unpaired) electrons. The van der Waals surface area contributed by atoms with Crippen LogP contribution in [0.4, 0.5) is 4.39 Å². The Morgan fingerprint density at radius 1 is 1.36 bits per heavy atom. The van der Waals surface area contributed by atoms with Gasteiger partial charge in [0.05, 0.1) is 0 Å². The van der Waals surface area contributed by atoms with Gasteiger partial charge in [0.1, 0.15) is 6.67 Å². The van der Waals surface area contributed by atoms with E-state index in [4.69, 9.17) is 0 Å². The summed E-state index contributed by atoms with van der Waals surface area (Å²) in [6.45, 7) is 5.03. The van der Waals surface area contributed by atoms with E-state index in [1.165, 1.54) is 11.1 Å². The first kappa shape index (κ1) is 9.66. The molecule has 0 bridgehead atoms. The van der Waals surface area contributed by atoms with Gasteiger partial charge in [0.2, 0.25) is 0 Å². The van der Waals surface area contributed by atoms with E-state index in [0.717, 1.165) is 31.6 Å². The second kappa shape index (κ2) is 4.09. The highest BCUT2D eigenvalue weighted by molar-refractivity contribution is 5.33. The highest BCUT2D eigenvalue weighted by Crippen LogP contribution is 2.20. The van der Waals surface area contributed by atoms with Crippen molar-refractivity contribution in [2.24, 2.45) is 0 Å². The molecule has 0 unspecified atom stereocenters. The maximum atomic E-state index is 12.5. The van der Waals surface area contributed by atoms with Crippen LogP contribution in [0.25, 0.3) is 0 Å². The van der Waals surface area contributed by atoms with Gasteiger partial charge in [-0.05, 0) is 29.7 Å². The predicted octanol–water partition coefficient (Wildman–Crippen LogP) is 2.53. The van der Waals surface area contributed by atoms with Gasteiger partial charge in [0, 0.05) is 13.1 Å². The van der Waals surface area contributed by atoms with Crippen LogP contribution in [0.3, 0.4) is 0 Å². The third kappa shape index (κ3) is 1.80. The topological polar surface area (TPSA) is 3.24 Å². The largest absolute Gasteiger partial charge is 0.299 e. The lowest BCUT2D eigenvalue weighted by Gasteiger charge is -2.27. The van der Waals surface area contributed by atoms with Crippen molar-refractivity contribution in [3.8, 4) is 0 Å². The maximum absolute atomic E-state index is 12.5. The van der Waals surface area contributed by atoms with Crippen LogP contribution in [0.5, 0.6) is 0 Å². The summed E-state index contributed by atoms with van der Waals surface area (Å²) in [6, 6.07) is 5.99. The molecule has 0 amide bonds. The van der Waals surface area contributed by atoms with Crippen LogP contribution in [0.15, 0.2) is 18.2 Å². The summed E-state index contributed by atoms with van der Waals surface area (Å²) in [6.07, 6.45) is 1.11. The zero-order valence-electron chi connectivity index (χ0n) is 8.59. The molecule has 1 heterocycles. The number of hydrogen-bond donors (Lipinski definition) is 0. The zero-order valence-corrected chi connectivity index (χ0v) is 8.59. The van der Waals surface area contributed by atoms with E-state index < -0.39 is 0 Å². The van der Waals surface area contributed by atoms with Gasteiger partial charge in [-0.3, -0.25) is 4.90 Å². The molecule has 1 aliphatic heterocycles. The van der Waals surface area contributed by atoms with Gasteiger partial charge in [-0.15, -0.1) is 0 Å². The van der Waals surface area contributed by atoms with Crippen molar-refractivity contribution in [1.29, 1.82) is 0 Å². The van der Waals surface area contributed by atoms with Gasteiger partial charge in [-0.2, -0.15) is 0 Å². The minimum absolute atomic E-state index is 0.348. The van der Waals surface area contributed by atoms with Crippen molar-refractivity contribution in [3.05, 3.63) is 34.9 Å². The highest BCUT2D eigenvalue weighted by atomic mass is 19.1. The molecule has 0 saturated heterocycles. The van der Waals surface area contributed by atoms with Crippen LogP contribution in [-0.2, 0) is 19.6 Å². The van der Waals surface area contributed by atoms with Crippen molar-refractivity contribution in [1.82, 2.24) is 4.90 Å². The van der Waals surface area contributed by atoms with Crippen molar-refractivity contribution >= 4 is 0 Å². The van der Waals surface area contributed by atoms with E-state index in [1.807, 2.05) is 12.1 Å². The SMILES string of the molecule is CCN1CCc2ccc(CF)cc2C1. The molecule has 2 heteroatoms. The first-order valence-electron chi connectivity index (χ1n) is 5.22. The van der Waals surface area contributed by atoms with Crippen LogP contribution >= 0.6 is 0 Å². The summed E-state index contributed by atoms with van der Waals surface area (Å²) in [5, 5.41) is 0. The first-order chi connectivity index (χ1) is 6.83. The van der Waals surface area contributed by atoms with Crippen LogP contribution < -0.4 is 0 Å². The molecule has 1 aromatic rings. The van der Waals surface area contributed by atoms with E-state index in [-0.39, 0.29) is 6.67 Å². The molecule has 0 atom stereocenters. The Labute approximate surface area is 84.5 Å². The molecule has 76 valence electrons. The molecular weight excluding hydrogens is 177 g/mol. The number of rotatable bonds is 2. The average Bonchev–Trinajstić information content (AvgIpc) is 2.27. The molecule has 1 aromatic carbocycles. The smallest absolute Gasteiger partial charge is 0.115 e. The summed E-state index contributed by atoms with van der Waals surface area (Å²) in [5.41, 5.74) is 3.52. The Kier molecular flexibility index (Phi) is 2.82. The fourth-order valence-electron chi connectivity index (χ4n) is 2.02. The third-order valence-corrected chi connectivity index (χ3v) is 2.96. The van der Waals surface area contributed by atoms with Gasteiger partial charge < -0.3 is 0 Å². The monoisotopic (exact) mass is 193 g/mol. The fraction of sp³-hybridized carbons (Fsp3) is 0.500. The zero-order chi connectivity index (χ0) is 9.97. The molecule has 0 aliphatic carbocycles. The highest BCUT2D eigenvalue weighted by Gasteiger charge is 2.14. The standard InChI is InChI=1S/C12H16FN/c1-2-14-6-5-11-4-3-10(8-13)7-12(11)9-14/h3-4,7H,2,5-6,8-9H2,1H3. The summed E-state index contributed by atoms with van der Waals surface area (Å²) in [5.74, 6) is 0. The molecule has 0 spiro atoms. The molecule has 0 aromatic heterocycles. The molecule has 0 N–H and O–H groups in total. The lowest BCUT2D eigenvalue weighted by Crippen LogP contribution is -2.30. The number of benzene rings is 1. The Hall–Kier alpha value is -0.890. The van der Waals surface area contributed by atoms with Gasteiger partial charge in [0.15, 0.2) is 0 Å². The summed E-state index contributed by atoms with van der Waals surface area (Å²) >= 11 is 0. The predicted molar refractivity (Wildman–Crippen MR) is 55.9 cm³/mol. The molecular formula is C12H16FN. The van der Waals surface area contributed by atoms with Gasteiger partial charge in [-0.25, -0.2) is 4.39 Å². The van der Waals surface area contributed by atoms with E-state index in [9.17, 15) is 4.39 Å². The number of halogens is 1. The normalized spacial score (nSPS) is 16.7. The lowest BCUT2D eigenvalue weighted by atomic mass is 9.98. The minimum atomic E-state index is -0.348. The van der Waals surface area contributed by atoms with E-state index >= 15 is 0 Å². The molecule has 14 heavy (non-hydrogen) atoms. The molecule has 0 saturated carbocycles. The number of alkyl halides is 1. The number of hydrogen-bond acceptors (Lipinski definition) is 1. The molecule has 1 nitrogen and oxygen atoms in total. The molecule has 0 fully saturated rings. The maximum Gasteiger partial charge on any atom is 0.115 e. The fourth-order valence-corrected chi connectivity index (χ4v) is 2.02. The lowest BCUT2D eigenvalue weighted by molar-refractivity contribution is 0.268. The number of likely N-dealkylation sites (N-methyl/N-ethyl adjacent to an activating group) is 1. The Bertz CT molecular complexity index is 322. The Balaban J connectivity index is 2.25. The average molecular weight is 193 g/mol. The van der Waals surface area contributed by atoms with Crippen LogP contribution in [0.1, 0.15) is 23.6 Å². The summed E-state index contributed by atoms with van der Waals surface area (Å²) < 4.78 is 12.5. The molecule has 1 aliphatic rings.